The lowest BCUT2D eigenvalue weighted by atomic mass is 10.1. The summed E-state index contributed by atoms with van der Waals surface area (Å²) in [5, 5.41) is 11.0. The van der Waals surface area contributed by atoms with Crippen LogP contribution in [0.4, 0.5) is 9.18 Å². The van der Waals surface area contributed by atoms with Crippen LogP contribution in [0.5, 0.6) is 0 Å². The Balaban J connectivity index is 2.76. The molecule has 0 saturated heterocycles. The molecule has 1 rings (SSSR count). The molecule has 0 fully saturated rings. The van der Waals surface area contributed by atoms with Gasteiger partial charge in [0.25, 0.3) is 5.91 Å². The van der Waals surface area contributed by atoms with Crippen LogP contribution < -0.4 is 10.8 Å². The molecule has 0 unspecified atom stereocenters. The van der Waals surface area contributed by atoms with Crippen LogP contribution in [-0.4, -0.2) is 41.6 Å². The van der Waals surface area contributed by atoms with E-state index in [1.54, 1.807) is 45.0 Å². The Morgan fingerprint density at radius 3 is 2.38 bits per heavy atom. The fourth-order valence-electron chi connectivity index (χ4n) is 1.84. The van der Waals surface area contributed by atoms with E-state index in [1.807, 2.05) is 6.07 Å². The lowest BCUT2D eigenvalue weighted by Crippen LogP contribution is -2.55. The van der Waals surface area contributed by atoms with E-state index in [-0.39, 0.29) is 6.61 Å². The minimum absolute atomic E-state index is 0.0423. The van der Waals surface area contributed by atoms with Crippen molar-refractivity contribution in [3.63, 3.8) is 0 Å². The number of halogens is 1. The first-order chi connectivity index (χ1) is 11.3. The summed E-state index contributed by atoms with van der Waals surface area (Å²) in [5.41, 5.74) is 1.37. The van der Waals surface area contributed by atoms with Gasteiger partial charge in [-0.25, -0.2) is 14.7 Å². The topological polar surface area (TPSA) is 96.9 Å². The number of carbonyl (C=O) groups is 2. The number of rotatable bonds is 7. The zero-order valence-corrected chi connectivity index (χ0v) is 13.9. The summed E-state index contributed by atoms with van der Waals surface area (Å²) < 4.78 is 23.7. The average molecular weight is 342 g/mol. The van der Waals surface area contributed by atoms with Crippen molar-refractivity contribution in [2.24, 2.45) is 0 Å². The average Bonchev–Trinajstić information content (AvgIpc) is 2.52. The van der Waals surface area contributed by atoms with Gasteiger partial charge in [-0.1, -0.05) is 30.3 Å². The Morgan fingerprint density at radius 2 is 1.88 bits per heavy atom. The third kappa shape index (κ3) is 6.93. The molecular formula is C16H23FN2O5. The number of alkyl halides is 1. The van der Waals surface area contributed by atoms with Crippen LogP contribution in [0.1, 0.15) is 26.3 Å². The molecule has 0 aliphatic heterocycles. The standard InChI is InChI=1S/C16H23FN2O5/c1-16(2,3)24-15(21)18-13(14(20)19-22)12(9-17)23-10-11-7-5-4-6-8-11/h4-8,12-13,22H,9-10H2,1-3H3,(H,18,21)(H,19,20)/t12-,13+/m1/s1. The predicted octanol–water partition coefficient (Wildman–Crippen LogP) is 1.94. The first kappa shape index (κ1) is 19.9. The van der Waals surface area contributed by atoms with Crippen LogP contribution >= 0.6 is 0 Å². The monoisotopic (exact) mass is 342 g/mol. The van der Waals surface area contributed by atoms with Crippen molar-refractivity contribution in [2.45, 2.75) is 45.1 Å². The normalized spacial score (nSPS) is 13.7. The van der Waals surface area contributed by atoms with E-state index < -0.39 is 36.4 Å². The van der Waals surface area contributed by atoms with E-state index >= 15 is 0 Å². The van der Waals surface area contributed by atoms with Gasteiger partial charge in [0.2, 0.25) is 0 Å². The molecule has 0 aliphatic rings. The Kier molecular flexibility index (Phi) is 7.60. The largest absolute Gasteiger partial charge is 0.444 e. The maximum Gasteiger partial charge on any atom is 0.408 e. The Bertz CT molecular complexity index is 533. The number of ether oxygens (including phenoxy) is 2. The fourth-order valence-corrected chi connectivity index (χ4v) is 1.84. The number of alkyl carbamates (subject to hydrolysis) is 1. The van der Waals surface area contributed by atoms with E-state index in [0.717, 1.165) is 5.56 Å². The summed E-state index contributed by atoms with van der Waals surface area (Å²) in [4.78, 5) is 23.6. The Labute approximate surface area is 140 Å². The molecule has 0 spiro atoms. The summed E-state index contributed by atoms with van der Waals surface area (Å²) in [6.45, 7) is 3.94. The predicted molar refractivity (Wildman–Crippen MR) is 84.1 cm³/mol. The van der Waals surface area contributed by atoms with Gasteiger partial charge in [-0.05, 0) is 26.3 Å². The molecule has 3 N–H and O–H groups in total. The van der Waals surface area contributed by atoms with Gasteiger partial charge in [0.1, 0.15) is 24.4 Å². The van der Waals surface area contributed by atoms with Crippen molar-refractivity contribution in [1.29, 1.82) is 0 Å². The van der Waals surface area contributed by atoms with Gasteiger partial charge in [-0.2, -0.15) is 0 Å². The Morgan fingerprint density at radius 1 is 1.25 bits per heavy atom. The molecule has 0 radical (unpaired) electrons. The highest BCUT2D eigenvalue weighted by Crippen LogP contribution is 2.10. The molecule has 24 heavy (non-hydrogen) atoms. The molecule has 7 nitrogen and oxygen atoms in total. The molecule has 0 bridgehead atoms. The zero-order valence-electron chi connectivity index (χ0n) is 13.9. The van der Waals surface area contributed by atoms with Gasteiger partial charge in [0.15, 0.2) is 0 Å². The maximum absolute atomic E-state index is 13.3. The SMILES string of the molecule is CC(C)(C)OC(=O)N[C@H](C(=O)NO)[C@@H](CF)OCc1ccccc1. The van der Waals surface area contributed by atoms with Crippen LogP contribution in [0.25, 0.3) is 0 Å². The van der Waals surface area contributed by atoms with Gasteiger partial charge in [0, 0.05) is 0 Å². The lowest BCUT2D eigenvalue weighted by Gasteiger charge is -2.26. The first-order valence-electron chi connectivity index (χ1n) is 7.41. The van der Waals surface area contributed by atoms with Crippen molar-refractivity contribution in [3.05, 3.63) is 35.9 Å². The highest BCUT2D eigenvalue weighted by molar-refractivity contribution is 5.85. The van der Waals surface area contributed by atoms with Gasteiger partial charge in [-0.15, -0.1) is 0 Å². The molecule has 1 aromatic rings. The maximum atomic E-state index is 13.3. The van der Waals surface area contributed by atoms with Crippen LogP contribution in [0.3, 0.4) is 0 Å². The van der Waals surface area contributed by atoms with Crippen molar-refractivity contribution in [3.8, 4) is 0 Å². The second-order valence-electron chi connectivity index (χ2n) is 6.09. The lowest BCUT2D eigenvalue weighted by molar-refractivity contribution is -0.136. The van der Waals surface area contributed by atoms with Crippen LogP contribution in [0.15, 0.2) is 30.3 Å². The number of nitrogens with one attached hydrogen (secondary N) is 2. The van der Waals surface area contributed by atoms with Crippen molar-refractivity contribution in [2.75, 3.05) is 6.67 Å². The van der Waals surface area contributed by atoms with E-state index in [0.29, 0.717) is 0 Å². The van der Waals surface area contributed by atoms with Crippen molar-refractivity contribution >= 4 is 12.0 Å². The Hall–Kier alpha value is -2.19. The molecule has 2 atom stereocenters. The van der Waals surface area contributed by atoms with Gasteiger partial charge < -0.3 is 14.8 Å². The summed E-state index contributed by atoms with van der Waals surface area (Å²) in [6.07, 6.45) is -2.21. The number of carbonyl (C=O) groups excluding carboxylic acids is 2. The van der Waals surface area contributed by atoms with E-state index in [1.165, 1.54) is 5.48 Å². The van der Waals surface area contributed by atoms with Crippen LogP contribution in [0.2, 0.25) is 0 Å². The molecular weight excluding hydrogens is 319 g/mol. The van der Waals surface area contributed by atoms with E-state index in [9.17, 15) is 14.0 Å². The third-order valence-corrected chi connectivity index (χ3v) is 2.90. The number of benzene rings is 1. The summed E-state index contributed by atoms with van der Waals surface area (Å²) >= 11 is 0. The van der Waals surface area contributed by atoms with E-state index in [2.05, 4.69) is 5.32 Å². The minimum Gasteiger partial charge on any atom is -0.444 e. The highest BCUT2D eigenvalue weighted by Gasteiger charge is 2.32. The van der Waals surface area contributed by atoms with Gasteiger partial charge >= 0.3 is 6.09 Å². The minimum atomic E-state index is -1.45. The zero-order chi connectivity index (χ0) is 18.2. The smallest absolute Gasteiger partial charge is 0.408 e. The number of amides is 2. The second kappa shape index (κ2) is 9.19. The van der Waals surface area contributed by atoms with E-state index in [4.69, 9.17) is 14.7 Å². The van der Waals surface area contributed by atoms with Crippen molar-refractivity contribution in [1.82, 2.24) is 10.8 Å². The molecule has 2 amide bonds. The van der Waals surface area contributed by atoms with Gasteiger partial charge in [-0.3, -0.25) is 10.0 Å². The third-order valence-electron chi connectivity index (χ3n) is 2.90. The quantitative estimate of drug-likeness (QED) is 0.520. The number of hydroxylamine groups is 1. The molecule has 134 valence electrons. The molecule has 8 heteroatoms. The molecule has 1 aromatic carbocycles. The molecule has 0 aliphatic carbocycles. The van der Waals surface area contributed by atoms with Crippen LogP contribution in [-0.2, 0) is 20.9 Å². The van der Waals surface area contributed by atoms with Crippen LogP contribution in [0, 0.1) is 0 Å². The summed E-state index contributed by atoms with van der Waals surface area (Å²) in [5.74, 6) is -1.00. The summed E-state index contributed by atoms with van der Waals surface area (Å²) in [7, 11) is 0. The summed E-state index contributed by atoms with van der Waals surface area (Å²) in [6, 6.07) is 7.51. The first-order valence-corrected chi connectivity index (χ1v) is 7.41. The molecule has 0 aromatic heterocycles. The molecule has 0 heterocycles. The fraction of sp³-hybridized carbons (Fsp3) is 0.500. The van der Waals surface area contributed by atoms with Gasteiger partial charge in [0.05, 0.1) is 6.61 Å². The van der Waals surface area contributed by atoms with Crippen molar-refractivity contribution < 1.29 is 28.7 Å². The second-order valence-corrected chi connectivity index (χ2v) is 6.09. The highest BCUT2D eigenvalue weighted by atomic mass is 19.1. The number of hydrogen-bond acceptors (Lipinski definition) is 5. The number of hydrogen-bond donors (Lipinski definition) is 3. The molecule has 0 saturated carbocycles.